The van der Waals surface area contributed by atoms with Crippen molar-refractivity contribution < 1.29 is 14.3 Å². The standard InChI is InChI=1S/C25H33BrN2O3/c1-18-8-14-22(15-9-18)31-16-6-7-23(29)28(17-20-10-12-21(26)13-11-20)19(2)24(30)27-25(3,4)5/h8-15,19H,6-7,16-17H2,1-5H3,(H,27,30)/t19-/m0/s1. The quantitative estimate of drug-likeness (QED) is 0.490. The Morgan fingerprint density at radius 3 is 2.26 bits per heavy atom. The lowest BCUT2D eigenvalue weighted by Crippen LogP contribution is -2.52. The van der Waals surface area contributed by atoms with Crippen LogP contribution in [0.2, 0.25) is 0 Å². The first-order valence-corrected chi connectivity index (χ1v) is 11.4. The van der Waals surface area contributed by atoms with Gasteiger partial charge < -0.3 is 15.0 Å². The molecule has 0 heterocycles. The van der Waals surface area contributed by atoms with E-state index in [-0.39, 0.29) is 17.4 Å². The summed E-state index contributed by atoms with van der Waals surface area (Å²) in [6.07, 6.45) is 0.896. The fourth-order valence-electron chi connectivity index (χ4n) is 3.03. The van der Waals surface area contributed by atoms with Crippen LogP contribution in [0.4, 0.5) is 0 Å². The van der Waals surface area contributed by atoms with Crippen molar-refractivity contribution in [3.05, 3.63) is 64.1 Å². The molecule has 0 spiro atoms. The average Bonchev–Trinajstić information content (AvgIpc) is 2.70. The number of halogens is 1. The van der Waals surface area contributed by atoms with E-state index in [0.717, 1.165) is 15.8 Å². The normalized spacial score (nSPS) is 12.2. The molecule has 0 saturated carbocycles. The molecule has 31 heavy (non-hydrogen) atoms. The molecule has 0 unspecified atom stereocenters. The maximum atomic E-state index is 13.1. The number of nitrogens with zero attached hydrogens (tertiary/aromatic N) is 1. The minimum absolute atomic E-state index is 0.0630. The van der Waals surface area contributed by atoms with Crippen molar-refractivity contribution in [1.29, 1.82) is 0 Å². The van der Waals surface area contributed by atoms with Gasteiger partial charge in [0, 0.05) is 23.0 Å². The highest BCUT2D eigenvalue weighted by atomic mass is 79.9. The van der Waals surface area contributed by atoms with Gasteiger partial charge in [0.25, 0.3) is 0 Å². The van der Waals surface area contributed by atoms with E-state index in [4.69, 9.17) is 4.74 Å². The highest BCUT2D eigenvalue weighted by Crippen LogP contribution is 2.17. The number of carbonyl (C=O) groups is 2. The molecule has 0 aromatic heterocycles. The Hall–Kier alpha value is -2.34. The number of carbonyl (C=O) groups excluding carboxylic acids is 2. The molecule has 0 aliphatic carbocycles. The van der Waals surface area contributed by atoms with E-state index in [1.165, 1.54) is 5.56 Å². The minimum atomic E-state index is -0.576. The first-order valence-electron chi connectivity index (χ1n) is 10.6. The molecular weight excluding hydrogens is 456 g/mol. The fourth-order valence-corrected chi connectivity index (χ4v) is 3.30. The Balaban J connectivity index is 2.01. The first-order chi connectivity index (χ1) is 14.5. The SMILES string of the molecule is Cc1ccc(OCCCC(=O)N(Cc2ccc(Br)cc2)[C@@H](C)C(=O)NC(C)(C)C)cc1. The van der Waals surface area contributed by atoms with Crippen molar-refractivity contribution in [3.63, 3.8) is 0 Å². The van der Waals surface area contributed by atoms with Crippen molar-refractivity contribution >= 4 is 27.7 Å². The van der Waals surface area contributed by atoms with Gasteiger partial charge in [0.15, 0.2) is 0 Å². The van der Waals surface area contributed by atoms with Crippen LogP contribution in [0.25, 0.3) is 0 Å². The predicted octanol–water partition coefficient (Wildman–Crippen LogP) is 5.25. The van der Waals surface area contributed by atoms with Gasteiger partial charge in [-0.3, -0.25) is 9.59 Å². The number of aryl methyl sites for hydroxylation is 1. The summed E-state index contributed by atoms with van der Waals surface area (Å²) in [6, 6.07) is 15.1. The van der Waals surface area contributed by atoms with Crippen LogP contribution >= 0.6 is 15.9 Å². The number of nitrogens with one attached hydrogen (secondary N) is 1. The van der Waals surface area contributed by atoms with Crippen LogP contribution in [-0.2, 0) is 16.1 Å². The van der Waals surface area contributed by atoms with Crippen LogP contribution in [0.3, 0.4) is 0 Å². The third-order valence-corrected chi connectivity index (χ3v) is 5.29. The molecule has 0 saturated heterocycles. The van der Waals surface area contributed by atoms with Crippen LogP contribution in [0.1, 0.15) is 51.7 Å². The van der Waals surface area contributed by atoms with Crippen LogP contribution in [0.15, 0.2) is 53.0 Å². The Labute approximate surface area is 194 Å². The summed E-state index contributed by atoms with van der Waals surface area (Å²) in [7, 11) is 0. The lowest BCUT2D eigenvalue weighted by atomic mass is 10.1. The molecule has 0 aliphatic heterocycles. The number of hydrogen-bond acceptors (Lipinski definition) is 3. The zero-order chi connectivity index (χ0) is 23.0. The van der Waals surface area contributed by atoms with Gasteiger partial charge in [-0.05, 0) is 70.9 Å². The second-order valence-electron chi connectivity index (χ2n) is 8.83. The van der Waals surface area contributed by atoms with E-state index in [2.05, 4.69) is 21.2 Å². The number of rotatable bonds is 9. The fraction of sp³-hybridized carbons (Fsp3) is 0.440. The molecule has 2 rings (SSSR count). The molecule has 168 valence electrons. The summed E-state index contributed by atoms with van der Waals surface area (Å²) in [4.78, 5) is 27.5. The zero-order valence-electron chi connectivity index (χ0n) is 19.1. The molecule has 0 radical (unpaired) electrons. The number of amides is 2. The van der Waals surface area contributed by atoms with E-state index in [1.807, 2.05) is 76.2 Å². The summed E-state index contributed by atoms with van der Waals surface area (Å²) >= 11 is 3.43. The minimum Gasteiger partial charge on any atom is -0.494 e. The van der Waals surface area contributed by atoms with Gasteiger partial charge in [-0.1, -0.05) is 45.8 Å². The lowest BCUT2D eigenvalue weighted by molar-refractivity contribution is -0.141. The third kappa shape index (κ3) is 8.74. The van der Waals surface area contributed by atoms with Crippen LogP contribution in [0.5, 0.6) is 5.75 Å². The van der Waals surface area contributed by atoms with Crippen molar-refractivity contribution in [2.24, 2.45) is 0 Å². The molecule has 1 atom stereocenters. The van der Waals surface area contributed by atoms with Gasteiger partial charge in [0.05, 0.1) is 6.61 Å². The molecule has 5 nitrogen and oxygen atoms in total. The van der Waals surface area contributed by atoms with E-state index in [9.17, 15) is 9.59 Å². The maximum Gasteiger partial charge on any atom is 0.242 e. The predicted molar refractivity (Wildman–Crippen MR) is 128 cm³/mol. The average molecular weight is 489 g/mol. The van der Waals surface area contributed by atoms with Crippen LogP contribution < -0.4 is 10.1 Å². The Bertz CT molecular complexity index is 858. The van der Waals surface area contributed by atoms with Gasteiger partial charge in [-0.15, -0.1) is 0 Å². The molecule has 0 bridgehead atoms. The molecule has 0 aliphatic rings. The number of benzene rings is 2. The number of hydrogen-bond donors (Lipinski definition) is 1. The molecular formula is C25H33BrN2O3. The zero-order valence-corrected chi connectivity index (χ0v) is 20.7. The monoisotopic (exact) mass is 488 g/mol. The summed E-state index contributed by atoms with van der Waals surface area (Å²) in [6.45, 7) is 10.4. The van der Waals surface area contributed by atoms with E-state index < -0.39 is 6.04 Å². The Morgan fingerprint density at radius 2 is 1.68 bits per heavy atom. The highest BCUT2D eigenvalue weighted by Gasteiger charge is 2.28. The molecule has 2 aromatic carbocycles. The van der Waals surface area contributed by atoms with Gasteiger partial charge in [-0.2, -0.15) is 0 Å². The second-order valence-corrected chi connectivity index (χ2v) is 9.74. The van der Waals surface area contributed by atoms with Gasteiger partial charge in [0.2, 0.25) is 11.8 Å². The first kappa shape index (κ1) is 24.9. The molecule has 1 N–H and O–H groups in total. The Kier molecular flexibility index (Phi) is 9.11. The van der Waals surface area contributed by atoms with E-state index >= 15 is 0 Å². The Morgan fingerprint density at radius 1 is 1.06 bits per heavy atom. The summed E-state index contributed by atoms with van der Waals surface area (Å²) in [5, 5.41) is 2.98. The molecule has 2 amide bonds. The molecule has 2 aromatic rings. The summed E-state index contributed by atoms with van der Waals surface area (Å²) < 4.78 is 6.71. The van der Waals surface area contributed by atoms with Crippen molar-refractivity contribution in [1.82, 2.24) is 10.2 Å². The largest absolute Gasteiger partial charge is 0.494 e. The topological polar surface area (TPSA) is 58.6 Å². The smallest absolute Gasteiger partial charge is 0.242 e. The maximum absolute atomic E-state index is 13.1. The van der Waals surface area contributed by atoms with Crippen molar-refractivity contribution in [2.75, 3.05) is 6.61 Å². The van der Waals surface area contributed by atoms with Gasteiger partial charge >= 0.3 is 0 Å². The second kappa shape index (κ2) is 11.3. The van der Waals surface area contributed by atoms with Gasteiger partial charge in [-0.25, -0.2) is 0 Å². The van der Waals surface area contributed by atoms with Crippen molar-refractivity contribution in [3.8, 4) is 5.75 Å². The van der Waals surface area contributed by atoms with E-state index in [1.54, 1.807) is 11.8 Å². The van der Waals surface area contributed by atoms with Crippen LogP contribution in [0, 0.1) is 6.92 Å². The molecule has 0 fully saturated rings. The third-order valence-electron chi connectivity index (χ3n) is 4.76. The number of ether oxygens (including phenoxy) is 1. The summed E-state index contributed by atoms with van der Waals surface area (Å²) in [5.41, 5.74) is 1.79. The highest BCUT2D eigenvalue weighted by molar-refractivity contribution is 9.10. The van der Waals surface area contributed by atoms with Crippen LogP contribution in [-0.4, -0.2) is 34.9 Å². The van der Waals surface area contributed by atoms with Gasteiger partial charge in [0.1, 0.15) is 11.8 Å². The molecule has 6 heteroatoms. The van der Waals surface area contributed by atoms with E-state index in [0.29, 0.717) is 26.0 Å². The lowest BCUT2D eigenvalue weighted by Gasteiger charge is -2.31. The summed E-state index contributed by atoms with van der Waals surface area (Å²) in [5.74, 6) is 0.573. The van der Waals surface area contributed by atoms with Crippen molar-refractivity contribution in [2.45, 2.75) is 65.6 Å².